The first-order chi connectivity index (χ1) is 11.5. The Balaban J connectivity index is 2.06. The topological polar surface area (TPSA) is 78.5 Å². The average Bonchev–Trinajstić information content (AvgIpc) is 2.55. The van der Waals surface area contributed by atoms with Gasteiger partial charge in [-0.1, -0.05) is 31.4 Å². The second kappa shape index (κ2) is 8.71. The molecule has 24 heavy (non-hydrogen) atoms. The van der Waals surface area contributed by atoms with Crippen molar-refractivity contribution in [3.05, 3.63) is 29.8 Å². The Morgan fingerprint density at radius 1 is 1.17 bits per heavy atom. The summed E-state index contributed by atoms with van der Waals surface area (Å²) in [5, 5.41) is 14.0. The molecule has 0 bridgehead atoms. The quantitative estimate of drug-likeness (QED) is 0.831. The maximum Gasteiger partial charge on any atom is 0.223 e. The molecule has 0 spiro atoms. The van der Waals surface area contributed by atoms with Gasteiger partial charge in [-0.2, -0.15) is 0 Å². The van der Waals surface area contributed by atoms with E-state index in [-0.39, 0.29) is 24.3 Å². The summed E-state index contributed by atoms with van der Waals surface area (Å²) in [6.07, 6.45) is 4.89. The van der Waals surface area contributed by atoms with Crippen LogP contribution in [0, 0.1) is 5.92 Å². The largest absolute Gasteiger partial charge is 0.550 e. The van der Waals surface area contributed by atoms with E-state index in [1.54, 1.807) is 24.3 Å². The van der Waals surface area contributed by atoms with E-state index < -0.39 is 12.0 Å². The molecule has 1 aliphatic carbocycles. The van der Waals surface area contributed by atoms with Gasteiger partial charge in [0, 0.05) is 18.3 Å². The van der Waals surface area contributed by atoms with Gasteiger partial charge in [0.1, 0.15) is 5.75 Å². The molecule has 0 aliphatic heterocycles. The highest BCUT2D eigenvalue weighted by atomic mass is 16.5. The van der Waals surface area contributed by atoms with E-state index in [9.17, 15) is 14.7 Å². The van der Waals surface area contributed by atoms with Gasteiger partial charge in [-0.05, 0) is 44.4 Å². The van der Waals surface area contributed by atoms with Crippen LogP contribution in [0.1, 0.15) is 64.0 Å². The molecule has 0 radical (unpaired) electrons. The van der Waals surface area contributed by atoms with Gasteiger partial charge in [0.05, 0.1) is 12.1 Å². The SMILES string of the molecule is CC(C)Oc1ccc([C@H](CC(=O)[O-])NC(=O)C2CCCCC2)cc1. The van der Waals surface area contributed by atoms with Crippen LogP contribution in [0.4, 0.5) is 0 Å². The molecule has 0 aromatic heterocycles. The highest BCUT2D eigenvalue weighted by molar-refractivity contribution is 5.80. The van der Waals surface area contributed by atoms with Crippen LogP contribution in [0.5, 0.6) is 5.75 Å². The van der Waals surface area contributed by atoms with Gasteiger partial charge in [0.2, 0.25) is 5.91 Å². The second-order valence-electron chi connectivity index (χ2n) is 6.71. The number of rotatable bonds is 7. The van der Waals surface area contributed by atoms with Gasteiger partial charge in [0.15, 0.2) is 0 Å². The Bertz CT molecular complexity index is 547. The van der Waals surface area contributed by atoms with Crippen LogP contribution < -0.4 is 15.2 Å². The molecule has 2 rings (SSSR count). The Morgan fingerprint density at radius 2 is 1.79 bits per heavy atom. The monoisotopic (exact) mass is 332 g/mol. The zero-order valence-electron chi connectivity index (χ0n) is 14.4. The Morgan fingerprint density at radius 3 is 2.33 bits per heavy atom. The lowest BCUT2D eigenvalue weighted by atomic mass is 9.88. The first kappa shape index (κ1) is 18.3. The highest BCUT2D eigenvalue weighted by Gasteiger charge is 2.24. The van der Waals surface area contributed by atoms with Crippen molar-refractivity contribution in [2.45, 2.75) is 64.5 Å². The van der Waals surface area contributed by atoms with E-state index >= 15 is 0 Å². The van der Waals surface area contributed by atoms with E-state index in [0.29, 0.717) is 0 Å². The lowest BCUT2D eigenvalue weighted by Crippen LogP contribution is -2.38. The maximum atomic E-state index is 12.4. The molecule has 5 nitrogen and oxygen atoms in total. The number of amides is 1. The van der Waals surface area contributed by atoms with Gasteiger partial charge in [-0.25, -0.2) is 0 Å². The number of hydrogen-bond donors (Lipinski definition) is 1. The number of carboxylic acids is 1. The van der Waals surface area contributed by atoms with Crippen LogP contribution in [0.25, 0.3) is 0 Å². The predicted octanol–water partition coefficient (Wildman–Crippen LogP) is 2.35. The molecule has 5 heteroatoms. The van der Waals surface area contributed by atoms with Gasteiger partial charge in [-0.3, -0.25) is 4.79 Å². The van der Waals surface area contributed by atoms with Crippen molar-refractivity contribution in [1.82, 2.24) is 5.32 Å². The Kier molecular flexibility index (Phi) is 6.64. The van der Waals surface area contributed by atoms with E-state index in [4.69, 9.17) is 4.74 Å². The molecule has 0 saturated heterocycles. The van der Waals surface area contributed by atoms with Crippen LogP contribution in [0.15, 0.2) is 24.3 Å². The molecule has 1 aromatic carbocycles. The normalized spacial score (nSPS) is 16.6. The van der Waals surface area contributed by atoms with Crippen LogP contribution in [0.3, 0.4) is 0 Å². The van der Waals surface area contributed by atoms with Gasteiger partial charge < -0.3 is 20.0 Å². The number of carbonyl (C=O) groups excluding carboxylic acids is 2. The zero-order chi connectivity index (χ0) is 17.5. The fraction of sp³-hybridized carbons (Fsp3) is 0.579. The third-order valence-corrected chi connectivity index (χ3v) is 4.32. The summed E-state index contributed by atoms with van der Waals surface area (Å²) < 4.78 is 5.59. The summed E-state index contributed by atoms with van der Waals surface area (Å²) in [5.41, 5.74) is 0.750. The molecular weight excluding hydrogens is 306 g/mol. The van der Waals surface area contributed by atoms with E-state index in [1.807, 2.05) is 13.8 Å². The molecule has 1 aliphatic rings. The summed E-state index contributed by atoms with van der Waals surface area (Å²) in [6, 6.07) is 6.62. The second-order valence-corrected chi connectivity index (χ2v) is 6.71. The summed E-state index contributed by atoms with van der Waals surface area (Å²) in [4.78, 5) is 23.5. The number of carbonyl (C=O) groups is 2. The summed E-state index contributed by atoms with van der Waals surface area (Å²) in [6.45, 7) is 3.88. The maximum absolute atomic E-state index is 12.4. The smallest absolute Gasteiger partial charge is 0.223 e. The number of carboxylic acid groups (broad SMARTS) is 1. The fourth-order valence-corrected chi connectivity index (χ4v) is 3.12. The number of aliphatic carboxylic acids is 1. The molecule has 1 saturated carbocycles. The minimum atomic E-state index is -1.17. The van der Waals surface area contributed by atoms with Crippen molar-refractivity contribution in [2.75, 3.05) is 0 Å². The van der Waals surface area contributed by atoms with Crippen molar-refractivity contribution < 1.29 is 19.4 Å². The standard InChI is InChI=1S/C19H27NO4/c1-13(2)24-16-10-8-14(9-11-16)17(12-18(21)22)20-19(23)15-6-4-3-5-7-15/h8-11,13,15,17H,3-7,12H2,1-2H3,(H,20,23)(H,21,22)/p-1/t17-/m0/s1. The van der Waals surface area contributed by atoms with Crippen molar-refractivity contribution in [1.29, 1.82) is 0 Å². The lowest BCUT2D eigenvalue weighted by molar-refractivity contribution is -0.306. The molecule has 1 aromatic rings. The third kappa shape index (κ3) is 5.55. The number of hydrogen-bond acceptors (Lipinski definition) is 4. The van der Waals surface area contributed by atoms with Crippen molar-refractivity contribution in [3.63, 3.8) is 0 Å². The van der Waals surface area contributed by atoms with Crippen LogP contribution in [0.2, 0.25) is 0 Å². The van der Waals surface area contributed by atoms with Crippen molar-refractivity contribution >= 4 is 11.9 Å². The average molecular weight is 332 g/mol. The summed E-state index contributed by atoms with van der Waals surface area (Å²) in [7, 11) is 0. The van der Waals surface area contributed by atoms with Crippen LogP contribution >= 0.6 is 0 Å². The number of ether oxygens (including phenoxy) is 1. The number of benzene rings is 1. The van der Waals surface area contributed by atoms with Crippen molar-refractivity contribution in [2.24, 2.45) is 5.92 Å². The molecular formula is C19H26NO4-. The van der Waals surface area contributed by atoms with Gasteiger partial charge in [-0.15, -0.1) is 0 Å². The third-order valence-electron chi connectivity index (χ3n) is 4.32. The molecule has 1 N–H and O–H groups in total. The van der Waals surface area contributed by atoms with E-state index in [1.165, 1.54) is 6.42 Å². The molecule has 1 atom stereocenters. The van der Waals surface area contributed by atoms with Gasteiger partial charge >= 0.3 is 0 Å². The minimum Gasteiger partial charge on any atom is -0.550 e. The number of nitrogens with one attached hydrogen (secondary N) is 1. The molecule has 132 valence electrons. The first-order valence-electron chi connectivity index (χ1n) is 8.72. The van der Waals surface area contributed by atoms with Crippen molar-refractivity contribution in [3.8, 4) is 5.75 Å². The fourth-order valence-electron chi connectivity index (χ4n) is 3.12. The zero-order valence-corrected chi connectivity index (χ0v) is 14.4. The lowest BCUT2D eigenvalue weighted by Gasteiger charge is -2.25. The summed E-state index contributed by atoms with van der Waals surface area (Å²) in [5.74, 6) is -0.513. The van der Waals surface area contributed by atoms with E-state index in [0.717, 1.165) is 37.0 Å². The van der Waals surface area contributed by atoms with Gasteiger partial charge in [0.25, 0.3) is 0 Å². The molecule has 0 heterocycles. The molecule has 1 fully saturated rings. The van der Waals surface area contributed by atoms with E-state index in [2.05, 4.69) is 5.32 Å². The Labute approximate surface area is 143 Å². The van der Waals surface area contributed by atoms with Crippen LogP contribution in [-0.4, -0.2) is 18.0 Å². The molecule has 1 amide bonds. The first-order valence-corrected chi connectivity index (χ1v) is 8.72. The predicted molar refractivity (Wildman–Crippen MR) is 89.3 cm³/mol. The summed E-state index contributed by atoms with van der Waals surface area (Å²) >= 11 is 0. The van der Waals surface area contributed by atoms with Crippen LogP contribution in [-0.2, 0) is 9.59 Å². The molecule has 0 unspecified atom stereocenters. The Hall–Kier alpha value is -2.04. The minimum absolute atomic E-state index is 0.00782. The highest BCUT2D eigenvalue weighted by Crippen LogP contribution is 2.26.